The largest absolute Gasteiger partial charge is 0.394 e. The van der Waals surface area contributed by atoms with E-state index in [2.05, 4.69) is 92.1 Å². The van der Waals surface area contributed by atoms with Crippen molar-refractivity contribution in [1.82, 2.24) is 5.32 Å². The van der Waals surface area contributed by atoms with Crippen molar-refractivity contribution in [1.29, 1.82) is 0 Å². The number of nitrogens with one attached hydrogen (secondary N) is 1. The monoisotopic (exact) mass is 920 g/mol. The molecule has 0 fully saturated rings. The lowest BCUT2D eigenvalue weighted by Gasteiger charge is -2.22. The predicted molar refractivity (Wildman–Crippen MR) is 294 cm³/mol. The molecule has 0 rings (SSSR count). The summed E-state index contributed by atoms with van der Waals surface area (Å²) < 4.78 is 0. The number of carbonyl (C=O) groups is 1. The van der Waals surface area contributed by atoms with Crippen molar-refractivity contribution >= 4 is 5.91 Å². The molecule has 2 atom stereocenters. The van der Waals surface area contributed by atoms with Gasteiger partial charge in [0.05, 0.1) is 18.8 Å². The molecule has 0 bridgehead atoms. The van der Waals surface area contributed by atoms with Crippen molar-refractivity contribution in [2.24, 2.45) is 0 Å². The van der Waals surface area contributed by atoms with Crippen LogP contribution in [0.3, 0.4) is 0 Å². The zero-order valence-corrected chi connectivity index (χ0v) is 44.2. The van der Waals surface area contributed by atoms with Gasteiger partial charge in [-0.05, 0) is 64.2 Å². The summed E-state index contributed by atoms with van der Waals surface area (Å²) in [5.74, 6) is -0.0285. The molecule has 0 heterocycles. The second-order valence-electron chi connectivity index (χ2n) is 19.7. The van der Waals surface area contributed by atoms with Crippen molar-refractivity contribution in [2.75, 3.05) is 6.61 Å². The summed E-state index contributed by atoms with van der Waals surface area (Å²) in [6.07, 6.45) is 81.9. The Hall–Kier alpha value is -2.17. The van der Waals surface area contributed by atoms with Crippen LogP contribution in [-0.4, -0.2) is 34.9 Å². The number of hydrogen-bond acceptors (Lipinski definition) is 3. The molecule has 0 aliphatic carbocycles. The highest BCUT2D eigenvalue weighted by molar-refractivity contribution is 5.76. The molecule has 0 aromatic rings. The molecule has 0 aromatic heterocycles. The second kappa shape index (κ2) is 57.1. The number of aliphatic hydroxyl groups is 2. The molecule has 0 saturated carbocycles. The Morgan fingerprint density at radius 2 is 0.667 bits per heavy atom. The molecule has 2 unspecified atom stereocenters. The minimum Gasteiger partial charge on any atom is -0.394 e. The Morgan fingerprint density at radius 1 is 0.379 bits per heavy atom. The van der Waals surface area contributed by atoms with E-state index in [-0.39, 0.29) is 12.5 Å². The van der Waals surface area contributed by atoms with E-state index in [0.29, 0.717) is 12.8 Å². The Kier molecular flexibility index (Phi) is 55.3. The predicted octanol–water partition coefficient (Wildman–Crippen LogP) is 19.4. The second-order valence-corrected chi connectivity index (χ2v) is 19.7. The van der Waals surface area contributed by atoms with Gasteiger partial charge in [-0.25, -0.2) is 0 Å². The van der Waals surface area contributed by atoms with Gasteiger partial charge in [0.2, 0.25) is 5.91 Å². The number of aliphatic hydroxyl groups excluding tert-OH is 2. The highest BCUT2D eigenvalue weighted by Crippen LogP contribution is 2.17. The average Bonchev–Trinajstić information content (AvgIpc) is 3.32. The first-order valence-electron chi connectivity index (χ1n) is 29.1. The molecule has 3 N–H and O–H groups in total. The molecule has 0 aromatic carbocycles. The van der Waals surface area contributed by atoms with E-state index in [4.69, 9.17) is 0 Å². The van der Waals surface area contributed by atoms with Crippen LogP contribution < -0.4 is 5.32 Å². The molecule has 384 valence electrons. The summed E-state index contributed by atoms with van der Waals surface area (Å²) >= 11 is 0. The summed E-state index contributed by atoms with van der Waals surface area (Å²) in [7, 11) is 0. The maximum atomic E-state index is 12.5. The van der Waals surface area contributed by atoms with Gasteiger partial charge in [0.15, 0.2) is 0 Å². The van der Waals surface area contributed by atoms with Crippen LogP contribution in [0.2, 0.25) is 0 Å². The van der Waals surface area contributed by atoms with Gasteiger partial charge in [-0.15, -0.1) is 0 Å². The van der Waals surface area contributed by atoms with Crippen molar-refractivity contribution in [3.63, 3.8) is 0 Å². The summed E-state index contributed by atoms with van der Waals surface area (Å²) in [4.78, 5) is 12.5. The lowest BCUT2D eigenvalue weighted by Crippen LogP contribution is -2.45. The van der Waals surface area contributed by atoms with Crippen LogP contribution in [0, 0.1) is 0 Å². The number of allylic oxidation sites excluding steroid dienone is 12. The topological polar surface area (TPSA) is 69.6 Å². The lowest BCUT2D eigenvalue weighted by atomic mass is 10.0. The van der Waals surface area contributed by atoms with E-state index in [9.17, 15) is 15.0 Å². The molecule has 66 heavy (non-hydrogen) atoms. The number of rotatable bonds is 53. The minimum absolute atomic E-state index is 0.0285. The Morgan fingerprint density at radius 3 is 1.00 bits per heavy atom. The van der Waals surface area contributed by atoms with E-state index < -0.39 is 12.1 Å². The van der Waals surface area contributed by atoms with E-state index in [0.717, 1.165) is 64.2 Å². The van der Waals surface area contributed by atoms with Crippen molar-refractivity contribution in [2.45, 2.75) is 309 Å². The molecule has 0 saturated heterocycles. The fraction of sp³-hybridized carbons (Fsp3) is 0.790. The molecule has 0 spiro atoms. The average molecular weight is 921 g/mol. The van der Waals surface area contributed by atoms with Gasteiger partial charge >= 0.3 is 0 Å². The summed E-state index contributed by atoms with van der Waals surface area (Å²) in [5.41, 5.74) is 0. The number of unbranched alkanes of at least 4 members (excludes halogenated alkanes) is 34. The lowest BCUT2D eigenvalue weighted by molar-refractivity contribution is -0.123. The maximum Gasteiger partial charge on any atom is 0.220 e. The number of carbonyl (C=O) groups excluding carboxylic acids is 1. The first-order valence-corrected chi connectivity index (χ1v) is 29.1. The van der Waals surface area contributed by atoms with E-state index in [1.165, 1.54) is 205 Å². The van der Waals surface area contributed by atoms with Crippen LogP contribution in [0.4, 0.5) is 0 Å². The smallest absolute Gasteiger partial charge is 0.220 e. The van der Waals surface area contributed by atoms with Crippen molar-refractivity contribution < 1.29 is 15.0 Å². The molecule has 0 aliphatic heterocycles. The van der Waals surface area contributed by atoms with Crippen LogP contribution in [0.1, 0.15) is 296 Å². The van der Waals surface area contributed by atoms with Gasteiger partial charge in [0, 0.05) is 6.42 Å². The van der Waals surface area contributed by atoms with E-state index >= 15 is 0 Å². The highest BCUT2D eigenvalue weighted by atomic mass is 16.3. The number of amides is 1. The van der Waals surface area contributed by atoms with Gasteiger partial charge < -0.3 is 15.5 Å². The van der Waals surface area contributed by atoms with Gasteiger partial charge in [0.25, 0.3) is 0 Å². The normalized spacial score (nSPS) is 13.3. The quantitative estimate of drug-likeness (QED) is 0.0421. The SMILES string of the molecule is CC/C=C\C/C=C\C/C=C\C/C=C\C/C=C\C/C=C\CCCCCCCCCCCCCCCCCCCCCCCCC(=O)NC(CO)C(O)CCCCCCCCCCCCCCC. The van der Waals surface area contributed by atoms with Crippen molar-refractivity contribution in [3.8, 4) is 0 Å². The van der Waals surface area contributed by atoms with Crippen molar-refractivity contribution in [3.05, 3.63) is 72.9 Å². The molecular formula is C62H113NO3. The zero-order chi connectivity index (χ0) is 47.7. The van der Waals surface area contributed by atoms with E-state index in [1.54, 1.807) is 0 Å². The number of hydrogen-bond donors (Lipinski definition) is 3. The maximum absolute atomic E-state index is 12.5. The minimum atomic E-state index is -0.658. The summed E-state index contributed by atoms with van der Waals surface area (Å²) in [6, 6.07) is -0.535. The van der Waals surface area contributed by atoms with Gasteiger partial charge in [-0.3, -0.25) is 4.79 Å². The molecule has 4 heteroatoms. The van der Waals surface area contributed by atoms with Crippen LogP contribution >= 0.6 is 0 Å². The van der Waals surface area contributed by atoms with Gasteiger partial charge in [-0.1, -0.05) is 299 Å². The molecule has 4 nitrogen and oxygen atoms in total. The Balaban J connectivity index is 3.40. The molecular weight excluding hydrogens is 807 g/mol. The van der Waals surface area contributed by atoms with Crippen LogP contribution in [0.15, 0.2) is 72.9 Å². The third kappa shape index (κ3) is 52.8. The van der Waals surface area contributed by atoms with E-state index in [1.807, 2.05) is 0 Å². The van der Waals surface area contributed by atoms with Crippen LogP contribution in [-0.2, 0) is 4.79 Å². The van der Waals surface area contributed by atoms with Gasteiger partial charge in [0.1, 0.15) is 0 Å². The first-order chi connectivity index (χ1) is 32.7. The first kappa shape index (κ1) is 63.8. The summed E-state index contributed by atoms with van der Waals surface area (Å²) in [6.45, 7) is 4.25. The standard InChI is InChI=1S/C62H113NO3/c1-3-5-7-9-11-13-15-17-18-19-20-21-22-23-24-25-26-27-28-29-30-31-32-33-34-35-36-37-38-39-40-41-42-43-44-46-48-50-52-54-56-58-62(66)63-60(59-64)61(65)57-55-53-51-49-47-45-16-14-12-10-8-6-4-2/h5,7,11,13,17-18,20-21,23-24,26-27,60-61,64-65H,3-4,6,8-10,12,14-16,19,22,25,28-59H2,1-2H3,(H,63,66)/b7-5-,13-11-,18-17-,21-20-,24-23-,27-26-. The van der Waals surface area contributed by atoms with Crippen LogP contribution in [0.5, 0.6) is 0 Å². The van der Waals surface area contributed by atoms with Crippen LogP contribution in [0.25, 0.3) is 0 Å². The molecule has 0 aliphatic rings. The summed E-state index contributed by atoms with van der Waals surface area (Å²) in [5, 5.41) is 23.2. The third-order valence-corrected chi connectivity index (χ3v) is 13.2. The van der Waals surface area contributed by atoms with Gasteiger partial charge in [-0.2, -0.15) is 0 Å². The fourth-order valence-corrected chi connectivity index (χ4v) is 8.84. The zero-order valence-electron chi connectivity index (χ0n) is 44.2. The third-order valence-electron chi connectivity index (χ3n) is 13.2. The highest BCUT2D eigenvalue weighted by Gasteiger charge is 2.20. The Bertz CT molecular complexity index is 1130. The molecule has 0 radical (unpaired) electrons. The molecule has 1 amide bonds. The Labute approximate surface area is 412 Å². The fourth-order valence-electron chi connectivity index (χ4n) is 8.84.